The van der Waals surface area contributed by atoms with E-state index in [2.05, 4.69) is 38.1 Å². The van der Waals surface area contributed by atoms with Gasteiger partial charge in [-0.15, -0.1) is 34.9 Å². The number of nitrogens with zero attached hydrogens (tertiary/aromatic N) is 4. The topological polar surface area (TPSA) is 95.2 Å². The number of hydrogen-bond acceptors (Lipinski definition) is 7. The molecule has 0 N–H and O–H groups in total. The minimum atomic E-state index is 0.0328. The van der Waals surface area contributed by atoms with Gasteiger partial charge in [0.15, 0.2) is 0 Å². The van der Waals surface area contributed by atoms with Gasteiger partial charge in [0.25, 0.3) is 0 Å². The van der Waals surface area contributed by atoms with E-state index in [4.69, 9.17) is 0 Å². The smallest absolute Gasteiger partial charge is 0.143 e. The van der Waals surface area contributed by atoms with Crippen molar-refractivity contribution in [2.45, 2.75) is 88.6 Å². The molecule has 0 amide bonds. The van der Waals surface area contributed by atoms with Crippen molar-refractivity contribution in [2.75, 3.05) is 0 Å². The van der Waals surface area contributed by atoms with E-state index in [1.165, 1.54) is 83.0 Å². The van der Waals surface area contributed by atoms with Crippen LogP contribution in [-0.2, 0) is 12.8 Å². The molecule has 4 nitrogen and oxygen atoms in total. The fraction of sp³-hybridized carbons (Fsp3) is 0.412. The van der Waals surface area contributed by atoms with Gasteiger partial charge >= 0.3 is 0 Å². The Kier molecular flexibility index (Phi) is 11.4. The highest BCUT2D eigenvalue weighted by atomic mass is 32.2. The maximum absolute atomic E-state index is 9.43. The summed E-state index contributed by atoms with van der Waals surface area (Å²) in [6, 6.07) is 13.0. The van der Waals surface area contributed by atoms with Crippen molar-refractivity contribution in [3.05, 3.63) is 78.3 Å². The number of benzene rings is 1. The van der Waals surface area contributed by atoms with Crippen LogP contribution in [0.3, 0.4) is 0 Å². The highest BCUT2D eigenvalue weighted by Crippen LogP contribution is 2.54. The minimum absolute atomic E-state index is 0.0328. The van der Waals surface area contributed by atoms with Gasteiger partial charge in [-0.25, -0.2) is 0 Å². The maximum atomic E-state index is 9.43. The number of unbranched alkanes of at least 4 members (excludes halogenated alkanes) is 6. The Bertz CT molecular complexity index is 1430. The Morgan fingerprint density at radius 3 is 1.41 bits per heavy atom. The molecule has 2 unspecified atom stereocenters. The standard InChI is InChI=1S/C34H34N4S3/c1-3-5-7-9-11-23-17-27-28(18-24(23)12-10-8-6-4-2)34(32-16-14-30(40-32)26(21-37)22-38)41-33(27)31-15-13-29(39-31)25(19-35)20-36/h13-18,31-32H,3-12H2,1-2H3. The third kappa shape index (κ3) is 7.18. The van der Waals surface area contributed by atoms with Crippen LogP contribution in [0.4, 0.5) is 0 Å². The van der Waals surface area contributed by atoms with E-state index in [9.17, 15) is 21.0 Å². The maximum Gasteiger partial charge on any atom is 0.143 e. The van der Waals surface area contributed by atoms with Gasteiger partial charge in [-0.1, -0.05) is 64.5 Å². The SMILES string of the molecule is CCCCCCc1cc2c(C3C=CC(=C(C#N)C#N)S3)sc(C3C=CC(=C(C#N)C#N)S3)c2cc1CCCCCC. The number of aryl methyl sites for hydroxylation is 2. The van der Waals surface area contributed by atoms with Crippen molar-refractivity contribution in [3.63, 3.8) is 0 Å². The van der Waals surface area contributed by atoms with Crippen LogP contribution in [0.25, 0.3) is 10.8 Å². The van der Waals surface area contributed by atoms with E-state index in [1.807, 2.05) is 36.4 Å². The van der Waals surface area contributed by atoms with E-state index >= 15 is 0 Å². The van der Waals surface area contributed by atoms with Crippen molar-refractivity contribution < 1.29 is 0 Å². The van der Waals surface area contributed by atoms with Gasteiger partial charge in [-0.2, -0.15) is 21.0 Å². The van der Waals surface area contributed by atoms with E-state index in [-0.39, 0.29) is 21.6 Å². The normalized spacial score (nSPS) is 17.4. The second kappa shape index (κ2) is 15.1. The number of thiophene rings is 1. The van der Waals surface area contributed by atoms with Crippen LogP contribution < -0.4 is 0 Å². The number of allylic oxidation sites excluding steroid dienone is 4. The molecule has 4 rings (SSSR count). The Hall–Kier alpha value is -3.20. The molecule has 3 heterocycles. The summed E-state index contributed by atoms with van der Waals surface area (Å²) in [5, 5.41) is 40.3. The average molecular weight is 595 g/mol. The molecule has 1 aromatic carbocycles. The van der Waals surface area contributed by atoms with Crippen LogP contribution in [0.1, 0.15) is 96.6 Å². The number of nitriles is 4. The highest BCUT2D eigenvalue weighted by molar-refractivity contribution is 8.04. The largest absolute Gasteiger partial charge is 0.192 e. The molecule has 0 saturated carbocycles. The molecule has 0 saturated heterocycles. The molecule has 2 aromatic rings. The Morgan fingerprint density at radius 1 is 0.634 bits per heavy atom. The van der Waals surface area contributed by atoms with Crippen LogP contribution in [-0.4, -0.2) is 0 Å². The van der Waals surface area contributed by atoms with Crippen LogP contribution in [0.5, 0.6) is 0 Å². The zero-order chi connectivity index (χ0) is 29.2. The molecular formula is C34H34N4S3. The summed E-state index contributed by atoms with van der Waals surface area (Å²) >= 11 is 4.93. The summed E-state index contributed by atoms with van der Waals surface area (Å²) in [4.78, 5) is 3.93. The molecule has 2 aliphatic rings. The van der Waals surface area contributed by atoms with E-state index in [0.29, 0.717) is 0 Å². The third-order valence-electron chi connectivity index (χ3n) is 7.50. The van der Waals surface area contributed by atoms with Crippen molar-refractivity contribution in [2.24, 2.45) is 0 Å². The first-order valence-corrected chi connectivity index (χ1v) is 17.0. The van der Waals surface area contributed by atoms with Crippen LogP contribution >= 0.6 is 34.9 Å². The van der Waals surface area contributed by atoms with E-state index in [1.54, 1.807) is 34.9 Å². The van der Waals surface area contributed by atoms with Crippen molar-refractivity contribution in [1.29, 1.82) is 21.0 Å². The lowest BCUT2D eigenvalue weighted by molar-refractivity contribution is 0.651. The number of rotatable bonds is 12. The minimum Gasteiger partial charge on any atom is -0.192 e. The zero-order valence-corrected chi connectivity index (χ0v) is 26.2. The molecule has 0 aliphatic carbocycles. The summed E-state index contributed by atoms with van der Waals surface area (Å²) in [7, 11) is 0. The van der Waals surface area contributed by atoms with Gasteiger partial charge in [-0.3, -0.25) is 0 Å². The predicted molar refractivity (Wildman–Crippen MR) is 173 cm³/mol. The third-order valence-corrected chi connectivity index (χ3v) is 11.7. The number of fused-ring (bicyclic) bond motifs is 1. The summed E-state index contributed by atoms with van der Waals surface area (Å²) in [5.74, 6) is 0. The second-order valence-corrected chi connectivity index (χ2v) is 13.8. The lowest BCUT2D eigenvalue weighted by Crippen LogP contribution is -1.97. The molecular weight excluding hydrogens is 561 g/mol. The van der Waals surface area contributed by atoms with Gasteiger partial charge in [0.2, 0.25) is 0 Å². The van der Waals surface area contributed by atoms with Crippen LogP contribution in [0.2, 0.25) is 0 Å². The van der Waals surface area contributed by atoms with Crippen molar-refractivity contribution in [1.82, 2.24) is 0 Å². The second-order valence-electron chi connectivity index (χ2n) is 10.3. The lowest BCUT2D eigenvalue weighted by Gasteiger charge is -2.13. The number of hydrogen-bond donors (Lipinski definition) is 0. The molecule has 0 radical (unpaired) electrons. The summed E-state index contributed by atoms with van der Waals surface area (Å²) < 4.78 is 0. The molecule has 2 atom stereocenters. The Balaban J connectivity index is 1.80. The van der Waals surface area contributed by atoms with Gasteiger partial charge in [0, 0.05) is 19.6 Å². The summed E-state index contributed by atoms with van der Waals surface area (Å²) in [6.45, 7) is 4.49. The van der Waals surface area contributed by atoms with Crippen LogP contribution in [0.15, 0.2) is 57.4 Å². The summed E-state index contributed by atoms with van der Waals surface area (Å²) in [6.07, 6.45) is 20.0. The summed E-state index contributed by atoms with van der Waals surface area (Å²) in [5.41, 5.74) is 3.20. The van der Waals surface area contributed by atoms with E-state index in [0.717, 1.165) is 22.7 Å². The fourth-order valence-electron chi connectivity index (χ4n) is 5.32. The van der Waals surface area contributed by atoms with Gasteiger partial charge < -0.3 is 0 Å². The van der Waals surface area contributed by atoms with Gasteiger partial charge in [-0.05, 0) is 71.9 Å². The zero-order valence-electron chi connectivity index (χ0n) is 23.7. The first kappa shape index (κ1) is 30.8. The first-order chi connectivity index (χ1) is 20.1. The monoisotopic (exact) mass is 594 g/mol. The van der Waals surface area contributed by atoms with Crippen molar-refractivity contribution >= 4 is 45.6 Å². The first-order valence-electron chi connectivity index (χ1n) is 14.4. The lowest BCUT2D eigenvalue weighted by atomic mass is 9.93. The molecule has 7 heteroatoms. The molecule has 0 spiro atoms. The Morgan fingerprint density at radius 2 is 1.05 bits per heavy atom. The molecule has 41 heavy (non-hydrogen) atoms. The Labute approximate surface area is 256 Å². The number of thioether (sulfide) groups is 2. The van der Waals surface area contributed by atoms with Crippen molar-refractivity contribution in [3.8, 4) is 24.3 Å². The predicted octanol–water partition coefficient (Wildman–Crippen LogP) is 10.4. The van der Waals surface area contributed by atoms with E-state index < -0.39 is 0 Å². The quantitative estimate of drug-likeness (QED) is 0.179. The highest BCUT2D eigenvalue weighted by Gasteiger charge is 2.29. The molecule has 2 aliphatic heterocycles. The molecule has 208 valence electrons. The average Bonchev–Trinajstić information content (AvgIpc) is 3.74. The van der Waals surface area contributed by atoms with Gasteiger partial charge in [0.1, 0.15) is 35.4 Å². The molecule has 0 fully saturated rings. The molecule has 0 bridgehead atoms. The fourth-order valence-corrected chi connectivity index (χ4v) is 9.14. The van der Waals surface area contributed by atoms with Crippen LogP contribution in [0, 0.1) is 45.3 Å². The van der Waals surface area contributed by atoms with Gasteiger partial charge in [0.05, 0.1) is 10.5 Å². The molecule has 1 aromatic heterocycles.